The molecule has 3 aromatic rings. The third kappa shape index (κ3) is 3.72. The second-order valence-corrected chi connectivity index (χ2v) is 7.10. The van der Waals surface area contributed by atoms with Crippen molar-refractivity contribution in [3.63, 3.8) is 0 Å². The van der Waals surface area contributed by atoms with Crippen molar-refractivity contribution in [2.45, 2.75) is 13.2 Å². The topological polar surface area (TPSA) is 121 Å². The first kappa shape index (κ1) is 18.1. The van der Waals surface area contributed by atoms with Crippen LogP contribution in [0.15, 0.2) is 53.5 Å². The molecule has 8 nitrogen and oxygen atoms in total. The van der Waals surface area contributed by atoms with E-state index in [4.69, 9.17) is 11.6 Å². The minimum atomic E-state index is -4.57. The molecule has 0 atom stereocenters. The molecule has 1 aliphatic rings. The predicted molar refractivity (Wildman–Crippen MR) is 86.9 cm³/mol. The Morgan fingerprint density at radius 2 is 1.85 bits per heavy atom. The molecular weight excluding hydrogens is 395 g/mol. The Morgan fingerprint density at radius 3 is 2.59 bits per heavy atom. The monoisotopic (exact) mass is 406 g/mol. The minimum absolute atomic E-state index is 0.171. The van der Waals surface area contributed by atoms with Gasteiger partial charge in [0.2, 0.25) is 0 Å². The molecule has 0 spiro atoms. The van der Waals surface area contributed by atoms with Gasteiger partial charge in [-0.2, -0.15) is 14.0 Å². The van der Waals surface area contributed by atoms with E-state index in [0.29, 0.717) is 16.5 Å². The number of nitrogens with zero attached hydrogens (tertiary/aromatic N) is 4. The summed E-state index contributed by atoms with van der Waals surface area (Å²) in [6.45, 7) is -0.325. The van der Waals surface area contributed by atoms with Gasteiger partial charge in [0.05, 0.1) is 25.9 Å². The van der Waals surface area contributed by atoms with E-state index in [0.717, 1.165) is 16.8 Å². The van der Waals surface area contributed by atoms with Crippen molar-refractivity contribution in [3.05, 3.63) is 76.3 Å². The second-order valence-electron chi connectivity index (χ2n) is 5.69. The zero-order valence-electron chi connectivity index (χ0n) is 13.7. The van der Waals surface area contributed by atoms with Gasteiger partial charge in [0.1, 0.15) is 6.54 Å². The highest BCUT2D eigenvalue weighted by molar-refractivity contribution is 6.31. The summed E-state index contributed by atoms with van der Waals surface area (Å²) >= 11 is 6.20. The largest absolute Gasteiger partial charge is 0.278 e. The van der Waals surface area contributed by atoms with E-state index >= 15 is 0 Å². The van der Waals surface area contributed by atoms with Gasteiger partial charge < -0.3 is 0 Å². The Hall–Kier alpha value is -2.33. The summed E-state index contributed by atoms with van der Waals surface area (Å²) in [6.07, 6.45) is 0. The highest BCUT2D eigenvalue weighted by Gasteiger charge is 2.27. The molecule has 0 saturated carbocycles. The summed E-state index contributed by atoms with van der Waals surface area (Å²) in [5.41, 5.74) is 3.02. The number of hydrogen-bond donors (Lipinski definition) is 0. The highest BCUT2D eigenvalue weighted by atomic mass is 35.7. The van der Waals surface area contributed by atoms with Crippen LogP contribution in [0, 0.1) is 10.2 Å². The van der Waals surface area contributed by atoms with Gasteiger partial charge >= 0.3 is 0 Å². The molecule has 0 unspecified atom stereocenters. The molecule has 138 valence electrons. The van der Waals surface area contributed by atoms with Crippen LogP contribution in [0.5, 0.6) is 0 Å². The number of aromatic nitrogens is 3. The molecule has 0 amide bonds. The van der Waals surface area contributed by atoms with Crippen LogP contribution in [-0.2, 0) is 17.4 Å². The van der Waals surface area contributed by atoms with Gasteiger partial charge in [-0.15, -0.1) is 10.2 Å². The Morgan fingerprint density at radius 1 is 1.07 bits per heavy atom. The normalized spacial score (nSPS) is 13.6. The van der Waals surface area contributed by atoms with E-state index in [1.165, 1.54) is 0 Å². The SMILES string of the molecule is [O-][Cl+3]([O-])([O-])OCc1nnc2n1-c1ccc(Cl)cc1C(c1ccccc1)=NC2. The molecule has 0 radical (unpaired) electrons. The highest BCUT2D eigenvalue weighted by Crippen LogP contribution is 2.28. The first-order valence-electron chi connectivity index (χ1n) is 7.81. The average Bonchev–Trinajstić information content (AvgIpc) is 2.96. The molecule has 0 fully saturated rings. The van der Waals surface area contributed by atoms with Crippen molar-refractivity contribution in [3.8, 4) is 5.69 Å². The Kier molecular flexibility index (Phi) is 4.68. The van der Waals surface area contributed by atoms with Crippen molar-refractivity contribution >= 4 is 17.3 Å². The predicted octanol–water partition coefficient (Wildman–Crippen LogP) is -0.314. The lowest BCUT2D eigenvalue weighted by Gasteiger charge is -2.15. The van der Waals surface area contributed by atoms with Gasteiger partial charge in [-0.1, -0.05) is 41.9 Å². The Labute approximate surface area is 161 Å². The van der Waals surface area contributed by atoms with Crippen LogP contribution in [0.25, 0.3) is 5.69 Å². The third-order valence-corrected chi connectivity index (χ3v) is 4.61. The molecule has 0 saturated heterocycles. The van der Waals surface area contributed by atoms with Crippen molar-refractivity contribution in [2.75, 3.05) is 0 Å². The summed E-state index contributed by atoms with van der Waals surface area (Å²) in [7, 11) is -4.57. The molecule has 27 heavy (non-hydrogen) atoms. The molecule has 4 rings (SSSR count). The van der Waals surface area contributed by atoms with Crippen LogP contribution in [0.3, 0.4) is 0 Å². The van der Waals surface area contributed by atoms with Gasteiger partial charge in [0.15, 0.2) is 11.6 Å². The van der Waals surface area contributed by atoms with Gasteiger partial charge in [0.25, 0.3) is 6.61 Å². The maximum atomic E-state index is 10.8. The number of rotatable bonds is 4. The number of halogens is 2. The molecular formula is C17H12Cl2N4O4. The Balaban J connectivity index is 1.85. The quantitative estimate of drug-likeness (QED) is 0.585. The fourth-order valence-corrected chi connectivity index (χ4v) is 3.32. The van der Waals surface area contributed by atoms with E-state index in [1.807, 2.05) is 30.3 Å². The van der Waals surface area contributed by atoms with Gasteiger partial charge in [-0.05, 0) is 18.2 Å². The average molecular weight is 407 g/mol. The lowest BCUT2D eigenvalue weighted by molar-refractivity contribution is -1.92. The maximum Gasteiger partial charge on any atom is 0.263 e. The Bertz CT molecular complexity index is 1020. The minimum Gasteiger partial charge on any atom is -0.278 e. The van der Waals surface area contributed by atoms with Crippen molar-refractivity contribution < 1.29 is 28.5 Å². The molecule has 0 aliphatic carbocycles. The lowest BCUT2D eigenvalue weighted by Crippen LogP contribution is -2.60. The first-order chi connectivity index (χ1) is 12.9. The van der Waals surface area contributed by atoms with Crippen LogP contribution in [0.4, 0.5) is 0 Å². The van der Waals surface area contributed by atoms with Crippen LogP contribution >= 0.6 is 11.6 Å². The van der Waals surface area contributed by atoms with E-state index in [1.54, 1.807) is 22.8 Å². The van der Waals surface area contributed by atoms with Crippen LogP contribution in [-0.4, -0.2) is 20.5 Å². The molecule has 2 heterocycles. The summed E-state index contributed by atoms with van der Waals surface area (Å²) in [5, 5.41) is 8.52. The first-order valence-corrected chi connectivity index (χ1v) is 9.42. The van der Waals surface area contributed by atoms with E-state index in [-0.39, 0.29) is 12.4 Å². The number of benzene rings is 2. The van der Waals surface area contributed by atoms with Crippen molar-refractivity contribution in [1.29, 1.82) is 0 Å². The number of fused-ring (bicyclic) bond motifs is 3. The number of aliphatic imine (C=N–C) groups is 1. The van der Waals surface area contributed by atoms with Crippen LogP contribution in [0.2, 0.25) is 5.02 Å². The maximum absolute atomic E-state index is 10.8. The van der Waals surface area contributed by atoms with Crippen LogP contribution < -0.4 is 14.0 Å². The zero-order chi connectivity index (χ0) is 19.0. The summed E-state index contributed by atoms with van der Waals surface area (Å²) in [5.74, 6) is 0.660. The van der Waals surface area contributed by atoms with E-state index in [2.05, 4.69) is 19.5 Å². The lowest BCUT2D eigenvalue weighted by atomic mass is 10.0. The summed E-state index contributed by atoms with van der Waals surface area (Å²) in [4.78, 5) is 4.65. The fourth-order valence-electron chi connectivity index (χ4n) is 2.91. The standard InChI is InChI=1S/C17H12Cl2N4O4/c18-12-6-7-14-13(8-12)17(11-4-2-1-3-5-11)20-9-15-21-22-16(23(14)15)10-27-19(24,25)26/h1-8H,9-10H2. The molecule has 10 heteroatoms. The summed E-state index contributed by atoms with van der Waals surface area (Å²) in [6, 6.07) is 14.8. The van der Waals surface area contributed by atoms with Gasteiger partial charge in [-0.25, -0.2) is 0 Å². The van der Waals surface area contributed by atoms with Gasteiger partial charge in [-0.3, -0.25) is 9.56 Å². The summed E-state index contributed by atoms with van der Waals surface area (Å²) < 4.78 is 38.3. The van der Waals surface area contributed by atoms with Crippen LogP contribution in [0.1, 0.15) is 22.8 Å². The number of hydrogen-bond acceptors (Lipinski definition) is 7. The van der Waals surface area contributed by atoms with E-state index in [9.17, 15) is 14.0 Å². The molecule has 0 bridgehead atoms. The van der Waals surface area contributed by atoms with Gasteiger partial charge in [0, 0.05) is 16.1 Å². The van der Waals surface area contributed by atoms with Crippen molar-refractivity contribution in [2.24, 2.45) is 4.99 Å². The molecule has 2 aromatic carbocycles. The van der Waals surface area contributed by atoms with E-state index < -0.39 is 16.9 Å². The molecule has 1 aromatic heterocycles. The molecule has 0 N–H and O–H groups in total. The second kappa shape index (κ2) is 7.01. The molecule has 1 aliphatic heterocycles. The van der Waals surface area contributed by atoms with Crippen molar-refractivity contribution in [1.82, 2.24) is 14.8 Å². The zero-order valence-corrected chi connectivity index (χ0v) is 15.2. The fraction of sp³-hybridized carbons (Fsp3) is 0.118. The smallest absolute Gasteiger partial charge is 0.263 e. The third-order valence-electron chi connectivity index (χ3n) is 3.99.